The summed E-state index contributed by atoms with van der Waals surface area (Å²) >= 11 is 6.48. The molecule has 0 saturated heterocycles. The number of nitrogens with one attached hydrogen (secondary N) is 2. The number of rotatable bonds is 11. The molecule has 0 radical (unpaired) electrons. The Morgan fingerprint density at radius 3 is 2.56 bits per heavy atom. The number of carbonyl (C=O) groups excluding carboxylic acids is 2. The van der Waals surface area contributed by atoms with E-state index in [-0.39, 0.29) is 11.7 Å². The van der Waals surface area contributed by atoms with Gasteiger partial charge in [0.15, 0.2) is 5.78 Å². The van der Waals surface area contributed by atoms with Gasteiger partial charge in [-0.15, -0.1) is 0 Å². The molecule has 214 valence electrons. The minimum atomic E-state index is -0.335. The summed E-state index contributed by atoms with van der Waals surface area (Å²) in [6.45, 7) is 6.65. The maximum Gasteiger partial charge on any atom is 0.247 e. The molecule has 0 aliphatic carbocycles. The molecule has 0 atom stereocenters. The van der Waals surface area contributed by atoms with Crippen LogP contribution in [0.3, 0.4) is 0 Å². The summed E-state index contributed by atoms with van der Waals surface area (Å²) in [4.78, 5) is 38.0. The largest absolute Gasteiger partial charge is 0.494 e. The van der Waals surface area contributed by atoms with Crippen LogP contribution >= 0.6 is 11.6 Å². The summed E-state index contributed by atoms with van der Waals surface area (Å²) in [5, 5.41) is 7.43. The Bertz CT molecular complexity index is 1630. The van der Waals surface area contributed by atoms with Crippen LogP contribution in [0.1, 0.15) is 17.3 Å². The molecule has 2 aromatic carbocycles. The number of halogens is 1. The van der Waals surface area contributed by atoms with Crippen LogP contribution < -0.4 is 20.3 Å². The van der Waals surface area contributed by atoms with Gasteiger partial charge in [-0.1, -0.05) is 18.2 Å². The van der Waals surface area contributed by atoms with E-state index in [4.69, 9.17) is 21.3 Å². The molecule has 41 heavy (non-hydrogen) atoms. The Morgan fingerprint density at radius 1 is 1.15 bits per heavy atom. The second kappa shape index (κ2) is 12.4. The van der Waals surface area contributed by atoms with E-state index in [1.807, 2.05) is 55.9 Å². The normalized spacial score (nSPS) is 11.0. The lowest BCUT2D eigenvalue weighted by atomic mass is 10.0. The highest BCUT2D eigenvalue weighted by molar-refractivity contribution is 6.36. The van der Waals surface area contributed by atoms with Gasteiger partial charge in [0.05, 0.1) is 40.4 Å². The zero-order chi connectivity index (χ0) is 29.8. The fourth-order valence-electron chi connectivity index (χ4n) is 4.52. The number of anilines is 4. The molecule has 4 aromatic rings. The number of hydrogen-bond acceptors (Lipinski definition) is 8. The fraction of sp³-hybridized carbons (Fsp3) is 0.267. The van der Waals surface area contributed by atoms with E-state index in [9.17, 15) is 9.59 Å². The smallest absolute Gasteiger partial charge is 0.247 e. The van der Waals surface area contributed by atoms with Crippen LogP contribution in [0.25, 0.3) is 22.2 Å². The Labute approximate surface area is 244 Å². The molecule has 0 aliphatic heterocycles. The van der Waals surface area contributed by atoms with E-state index in [1.165, 1.54) is 13.0 Å². The first-order chi connectivity index (χ1) is 19.5. The van der Waals surface area contributed by atoms with Crippen LogP contribution in [0.15, 0.2) is 55.4 Å². The monoisotopic (exact) mass is 575 g/mol. The number of fused-ring (bicyclic) bond motifs is 1. The topological polar surface area (TPSA) is 105 Å². The molecule has 0 spiro atoms. The summed E-state index contributed by atoms with van der Waals surface area (Å²) in [7, 11) is 9.39. The van der Waals surface area contributed by atoms with Crippen LogP contribution in [-0.4, -0.2) is 72.5 Å². The predicted octanol–water partition coefficient (Wildman–Crippen LogP) is 5.37. The van der Waals surface area contributed by atoms with Crippen LogP contribution in [-0.2, 0) is 11.8 Å². The van der Waals surface area contributed by atoms with Gasteiger partial charge in [0, 0.05) is 62.2 Å². The first-order valence-electron chi connectivity index (χ1n) is 12.9. The molecular formula is C30H34ClN7O3. The van der Waals surface area contributed by atoms with Crippen molar-refractivity contribution >= 4 is 57.2 Å². The number of aryl methyl sites for hydroxylation is 1. The van der Waals surface area contributed by atoms with Gasteiger partial charge >= 0.3 is 0 Å². The SMILES string of the molecule is C=CC(=O)Nc1cc(Nc2nccc(-c3cc(C(C)=O)c4c(c3)c(Cl)cn4C)n2)c(OC)cc1N(C)CCN(C)C. The standard InChI is InChI=1S/C30H34ClN7O3/c1-8-28(40)33-24-15-25(27(41-7)16-26(24)37(5)12-11-36(3)4)35-30-32-10-9-23(34-30)19-13-20(18(2)39)29-21(14-19)22(31)17-38(29)6/h8-10,13-17H,1,11-12H2,2-7H3,(H,33,40)(H,32,34,35). The number of ether oxygens (including phenoxy) is 1. The summed E-state index contributed by atoms with van der Waals surface area (Å²) in [6.07, 6.45) is 4.63. The van der Waals surface area contributed by atoms with E-state index < -0.39 is 0 Å². The quantitative estimate of drug-likeness (QED) is 0.182. The zero-order valence-electron chi connectivity index (χ0n) is 24.1. The third-order valence-corrected chi connectivity index (χ3v) is 6.96. The highest BCUT2D eigenvalue weighted by Gasteiger charge is 2.18. The van der Waals surface area contributed by atoms with Crippen molar-refractivity contribution in [3.05, 3.63) is 66.0 Å². The van der Waals surface area contributed by atoms with E-state index in [1.54, 1.807) is 31.6 Å². The molecule has 0 unspecified atom stereocenters. The van der Waals surface area contributed by atoms with E-state index in [0.29, 0.717) is 39.4 Å². The van der Waals surface area contributed by atoms with Gasteiger partial charge in [0.2, 0.25) is 11.9 Å². The highest BCUT2D eigenvalue weighted by Crippen LogP contribution is 2.38. The van der Waals surface area contributed by atoms with E-state index >= 15 is 0 Å². The summed E-state index contributed by atoms with van der Waals surface area (Å²) < 4.78 is 7.55. The van der Waals surface area contributed by atoms with Crippen molar-refractivity contribution in [2.45, 2.75) is 6.92 Å². The summed E-state index contributed by atoms with van der Waals surface area (Å²) in [6, 6.07) is 9.13. The molecule has 1 amide bonds. The van der Waals surface area contributed by atoms with Crippen LogP contribution in [0, 0.1) is 0 Å². The van der Waals surface area contributed by atoms with Crippen LogP contribution in [0.2, 0.25) is 5.02 Å². The zero-order valence-corrected chi connectivity index (χ0v) is 24.8. The van der Waals surface area contributed by atoms with Gasteiger partial charge in [-0.3, -0.25) is 9.59 Å². The number of amides is 1. The molecule has 4 rings (SSSR count). The Morgan fingerprint density at radius 2 is 1.90 bits per heavy atom. The molecule has 0 fully saturated rings. The predicted molar refractivity (Wildman–Crippen MR) is 166 cm³/mol. The number of benzene rings is 2. The number of methoxy groups -OCH3 is 1. The van der Waals surface area contributed by atoms with Crippen molar-refractivity contribution in [3.63, 3.8) is 0 Å². The highest BCUT2D eigenvalue weighted by atomic mass is 35.5. The first kappa shape index (κ1) is 29.6. The minimum absolute atomic E-state index is 0.0726. The molecule has 2 aromatic heterocycles. The molecule has 2 heterocycles. The van der Waals surface area contributed by atoms with Gasteiger partial charge in [0.25, 0.3) is 0 Å². The molecular weight excluding hydrogens is 542 g/mol. The van der Waals surface area contributed by atoms with Gasteiger partial charge in [0.1, 0.15) is 5.75 Å². The molecule has 10 nitrogen and oxygen atoms in total. The summed E-state index contributed by atoms with van der Waals surface area (Å²) in [5.74, 6) is 0.437. The van der Waals surface area contributed by atoms with Crippen molar-refractivity contribution < 1.29 is 14.3 Å². The van der Waals surface area contributed by atoms with Gasteiger partial charge < -0.3 is 29.7 Å². The molecule has 0 aliphatic rings. The van der Waals surface area contributed by atoms with Gasteiger partial charge in [-0.05, 0) is 51.4 Å². The lowest BCUT2D eigenvalue weighted by Crippen LogP contribution is -2.29. The number of nitrogens with zero attached hydrogens (tertiary/aromatic N) is 5. The number of hydrogen-bond donors (Lipinski definition) is 2. The average molecular weight is 576 g/mol. The van der Waals surface area contributed by atoms with Crippen molar-refractivity contribution in [3.8, 4) is 17.0 Å². The Kier molecular flexibility index (Phi) is 8.95. The van der Waals surface area contributed by atoms with Crippen molar-refractivity contribution in [1.29, 1.82) is 0 Å². The lowest BCUT2D eigenvalue weighted by molar-refractivity contribution is -0.111. The van der Waals surface area contributed by atoms with Crippen molar-refractivity contribution in [2.24, 2.45) is 7.05 Å². The first-order valence-corrected chi connectivity index (χ1v) is 13.3. The third kappa shape index (κ3) is 6.50. The number of ketones is 1. The van der Waals surface area contributed by atoms with Crippen LogP contribution in [0.5, 0.6) is 5.75 Å². The minimum Gasteiger partial charge on any atom is -0.494 e. The maximum absolute atomic E-state index is 12.5. The number of likely N-dealkylation sites (N-methyl/N-ethyl adjacent to an activating group) is 2. The molecule has 2 N–H and O–H groups in total. The van der Waals surface area contributed by atoms with Gasteiger partial charge in [-0.2, -0.15) is 0 Å². The van der Waals surface area contributed by atoms with Gasteiger partial charge in [-0.25, -0.2) is 9.97 Å². The molecule has 0 saturated carbocycles. The molecule has 0 bridgehead atoms. The lowest BCUT2D eigenvalue weighted by Gasteiger charge is -2.26. The summed E-state index contributed by atoms with van der Waals surface area (Å²) in [5.41, 5.74) is 4.57. The second-order valence-corrected chi connectivity index (χ2v) is 10.3. The van der Waals surface area contributed by atoms with E-state index in [2.05, 4.69) is 27.1 Å². The molecule has 11 heteroatoms. The second-order valence-electron chi connectivity index (χ2n) is 9.94. The Balaban J connectivity index is 1.74. The van der Waals surface area contributed by atoms with E-state index in [0.717, 1.165) is 35.2 Å². The van der Waals surface area contributed by atoms with Crippen LogP contribution in [0.4, 0.5) is 23.0 Å². The van der Waals surface area contributed by atoms with Crippen molar-refractivity contribution in [1.82, 2.24) is 19.4 Å². The number of carbonyl (C=O) groups is 2. The Hall–Kier alpha value is -4.41. The maximum atomic E-state index is 12.5. The average Bonchev–Trinajstić information content (AvgIpc) is 3.24. The number of aromatic nitrogens is 3. The third-order valence-electron chi connectivity index (χ3n) is 6.66. The number of Topliss-reactive ketones (excluding diaryl/α,β-unsaturated/α-hetero) is 1. The van der Waals surface area contributed by atoms with Crippen molar-refractivity contribution in [2.75, 3.05) is 56.9 Å². The fourth-order valence-corrected chi connectivity index (χ4v) is 4.81.